The van der Waals surface area contributed by atoms with Gasteiger partial charge in [0, 0.05) is 19.3 Å². The Balaban J connectivity index is 2.92. The van der Waals surface area contributed by atoms with Crippen molar-refractivity contribution in [3.05, 3.63) is 23.9 Å². The van der Waals surface area contributed by atoms with Crippen LogP contribution in [0.4, 0.5) is 5.82 Å². The fraction of sp³-hybridized carbons (Fsp3) is 0.400. The molecule has 2 N–H and O–H groups in total. The Morgan fingerprint density at radius 3 is 2.87 bits per heavy atom. The van der Waals surface area contributed by atoms with Crippen LogP contribution in [0.1, 0.15) is 17.3 Å². The summed E-state index contributed by atoms with van der Waals surface area (Å²) in [6.07, 6.45) is 1.46. The third-order valence-corrected chi connectivity index (χ3v) is 2.07. The number of rotatable bonds is 5. The lowest BCUT2D eigenvalue weighted by atomic mass is 10.2. The molecule has 1 rings (SSSR count). The molecule has 0 bridgehead atoms. The minimum atomic E-state index is -0.973. The lowest BCUT2D eigenvalue weighted by Gasteiger charge is -2.20. The zero-order chi connectivity index (χ0) is 11.3. The van der Waals surface area contributed by atoms with Crippen molar-refractivity contribution in [1.29, 1.82) is 0 Å². The van der Waals surface area contributed by atoms with Crippen molar-refractivity contribution in [1.82, 2.24) is 4.98 Å². The number of likely N-dealkylation sites (N-methyl/N-ethyl adjacent to an activating group) is 1. The highest BCUT2D eigenvalue weighted by Gasteiger charge is 2.08. The molecule has 0 aliphatic heterocycles. The Morgan fingerprint density at radius 1 is 1.60 bits per heavy atom. The van der Waals surface area contributed by atoms with Crippen molar-refractivity contribution in [2.24, 2.45) is 0 Å². The molecular formula is C10H14N2O3. The monoisotopic (exact) mass is 210 g/mol. The average molecular weight is 210 g/mol. The molecule has 0 amide bonds. The Bertz CT molecular complexity index is 341. The largest absolute Gasteiger partial charge is 0.478 e. The summed E-state index contributed by atoms with van der Waals surface area (Å²) < 4.78 is 0. The standard InChI is InChI=1S/C10H14N2O3/c1-2-12(5-6-13)9-7-8(10(14)15)3-4-11-9/h3-4,7,13H,2,5-6H2,1H3,(H,14,15). The SMILES string of the molecule is CCN(CCO)c1cc(C(=O)O)ccn1. The van der Waals surface area contributed by atoms with E-state index in [4.69, 9.17) is 10.2 Å². The number of hydrogen-bond donors (Lipinski definition) is 2. The van der Waals surface area contributed by atoms with Gasteiger partial charge in [-0.1, -0.05) is 0 Å². The van der Waals surface area contributed by atoms with Crippen LogP contribution in [0.3, 0.4) is 0 Å². The molecule has 0 saturated heterocycles. The maximum atomic E-state index is 10.7. The number of aromatic carboxylic acids is 1. The van der Waals surface area contributed by atoms with E-state index in [1.54, 1.807) is 0 Å². The number of pyridine rings is 1. The van der Waals surface area contributed by atoms with Crippen molar-refractivity contribution in [3.63, 3.8) is 0 Å². The van der Waals surface area contributed by atoms with E-state index in [-0.39, 0.29) is 12.2 Å². The van der Waals surface area contributed by atoms with E-state index in [1.807, 2.05) is 11.8 Å². The van der Waals surface area contributed by atoms with Gasteiger partial charge in [0.1, 0.15) is 5.82 Å². The molecule has 0 unspecified atom stereocenters. The minimum Gasteiger partial charge on any atom is -0.478 e. The summed E-state index contributed by atoms with van der Waals surface area (Å²) in [6, 6.07) is 2.94. The number of aromatic nitrogens is 1. The molecule has 0 aliphatic rings. The average Bonchev–Trinajstić information content (AvgIpc) is 2.26. The van der Waals surface area contributed by atoms with Crippen LogP contribution in [0.15, 0.2) is 18.3 Å². The highest BCUT2D eigenvalue weighted by atomic mass is 16.4. The zero-order valence-electron chi connectivity index (χ0n) is 8.55. The molecule has 5 heteroatoms. The van der Waals surface area contributed by atoms with Crippen LogP contribution in [-0.2, 0) is 0 Å². The quantitative estimate of drug-likeness (QED) is 0.744. The lowest BCUT2D eigenvalue weighted by Crippen LogP contribution is -2.27. The molecule has 15 heavy (non-hydrogen) atoms. The van der Waals surface area contributed by atoms with Gasteiger partial charge in [-0.05, 0) is 19.1 Å². The first-order valence-corrected chi connectivity index (χ1v) is 4.74. The van der Waals surface area contributed by atoms with Crippen LogP contribution in [0.5, 0.6) is 0 Å². The van der Waals surface area contributed by atoms with Crippen LogP contribution < -0.4 is 4.90 Å². The van der Waals surface area contributed by atoms with Crippen LogP contribution in [0.2, 0.25) is 0 Å². The van der Waals surface area contributed by atoms with Gasteiger partial charge in [0.05, 0.1) is 12.2 Å². The predicted molar refractivity (Wildman–Crippen MR) is 56.2 cm³/mol. The van der Waals surface area contributed by atoms with Gasteiger partial charge in [0.15, 0.2) is 0 Å². The van der Waals surface area contributed by atoms with Crippen molar-refractivity contribution >= 4 is 11.8 Å². The number of aliphatic hydroxyl groups is 1. The molecule has 0 spiro atoms. The fourth-order valence-corrected chi connectivity index (χ4v) is 1.28. The van der Waals surface area contributed by atoms with Crippen molar-refractivity contribution in [2.75, 3.05) is 24.6 Å². The van der Waals surface area contributed by atoms with E-state index >= 15 is 0 Å². The second kappa shape index (κ2) is 5.31. The molecule has 0 aromatic carbocycles. The summed E-state index contributed by atoms with van der Waals surface area (Å²) in [4.78, 5) is 16.6. The molecule has 0 fully saturated rings. The first-order chi connectivity index (χ1) is 7.19. The predicted octanol–water partition coefficient (Wildman–Crippen LogP) is 0.598. The van der Waals surface area contributed by atoms with Crippen LogP contribution in [0, 0.1) is 0 Å². The molecule has 0 aliphatic carbocycles. The first-order valence-electron chi connectivity index (χ1n) is 4.74. The number of nitrogens with zero attached hydrogens (tertiary/aromatic N) is 2. The van der Waals surface area contributed by atoms with Gasteiger partial charge < -0.3 is 15.1 Å². The van der Waals surface area contributed by atoms with Crippen molar-refractivity contribution in [2.45, 2.75) is 6.92 Å². The maximum absolute atomic E-state index is 10.7. The summed E-state index contributed by atoms with van der Waals surface area (Å²) in [5.41, 5.74) is 0.205. The summed E-state index contributed by atoms with van der Waals surface area (Å²) in [5.74, 6) is -0.398. The highest BCUT2D eigenvalue weighted by molar-refractivity contribution is 5.88. The Hall–Kier alpha value is -1.62. The third kappa shape index (κ3) is 2.92. The van der Waals surface area contributed by atoms with Gasteiger partial charge in [-0.3, -0.25) is 0 Å². The normalized spacial score (nSPS) is 10.0. The summed E-state index contributed by atoms with van der Waals surface area (Å²) in [6.45, 7) is 3.07. The highest BCUT2D eigenvalue weighted by Crippen LogP contribution is 2.11. The fourth-order valence-electron chi connectivity index (χ4n) is 1.28. The molecular weight excluding hydrogens is 196 g/mol. The number of anilines is 1. The molecule has 1 heterocycles. The van der Waals surface area contributed by atoms with Gasteiger partial charge in [-0.15, -0.1) is 0 Å². The first kappa shape index (κ1) is 11.5. The summed E-state index contributed by atoms with van der Waals surface area (Å²) in [7, 11) is 0. The number of carboxylic acid groups (broad SMARTS) is 1. The van der Waals surface area contributed by atoms with E-state index in [2.05, 4.69) is 4.98 Å². The Kier molecular flexibility index (Phi) is 4.05. The van der Waals surface area contributed by atoms with Crippen LogP contribution >= 0.6 is 0 Å². The molecule has 1 aromatic rings. The molecule has 0 radical (unpaired) electrons. The van der Waals surface area contributed by atoms with Crippen LogP contribution in [0.25, 0.3) is 0 Å². The van der Waals surface area contributed by atoms with Gasteiger partial charge >= 0.3 is 5.97 Å². The lowest BCUT2D eigenvalue weighted by molar-refractivity contribution is 0.0697. The van der Waals surface area contributed by atoms with Crippen LogP contribution in [-0.4, -0.2) is 40.9 Å². The molecule has 1 aromatic heterocycles. The van der Waals surface area contributed by atoms with E-state index in [9.17, 15) is 4.79 Å². The number of carbonyl (C=O) groups is 1. The van der Waals surface area contributed by atoms with E-state index < -0.39 is 5.97 Å². The minimum absolute atomic E-state index is 0.0207. The zero-order valence-corrected chi connectivity index (χ0v) is 8.55. The Morgan fingerprint density at radius 2 is 2.33 bits per heavy atom. The maximum Gasteiger partial charge on any atom is 0.335 e. The molecule has 0 atom stereocenters. The second-order valence-electron chi connectivity index (χ2n) is 3.01. The summed E-state index contributed by atoms with van der Waals surface area (Å²) >= 11 is 0. The molecule has 82 valence electrons. The number of aliphatic hydroxyl groups excluding tert-OH is 1. The topological polar surface area (TPSA) is 73.7 Å². The van der Waals surface area contributed by atoms with E-state index in [1.165, 1.54) is 18.3 Å². The second-order valence-corrected chi connectivity index (χ2v) is 3.01. The number of hydrogen-bond acceptors (Lipinski definition) is 4. The number of carboxylic acids is 1. The van der Waals surface area contributed by atoms with Crippen molar-refractivity contribution in [3.8, 4) is 0 Å². The van der Waals surface area contributed by atoms with Crippen molar-refractivity contribution < 1.29 is 15.0 Å². The molecule has 0 saturated carbocycles. The third-order valence-electron chi connectivity index (χ3n) is 2.07. The molecule has 5 nitrogen and oxygen atoms in total. The smallest absolute Gasteiger partial charge is 0.335 e. The van der Waals surface area contributed by atoms with Gasteiger partial charge in [0.2, 0.25) is 0 Å². The van der Waals surface area contributed by atoms with Gasteiger partial charge in [0.25, 0.3) is 0 Å². The van der Waals surface area contributed by atoms with Gasteiger partial charge in [-0.2, -0.15) is 0 Å². The van der Waals surface area contributed by atoms with E-state index in [0.29, 0.717) is 18.9 Å². The van der Waals surface area contributed by atoms with Gasteiger partial charge in [-0.25, -0.2) is 9.78 Å². The van der Waals surface area contributed by atoms with E-state index in [0.717, 1.165) is 0 Å². The summed E-state index contributed by atoms with van der Waals surface area (Å²) in [5, 5.41) is 17.6. The Labute approximate surface area is 88.0 Å².